The van der Waals surface area contributed by atoms with Crippen LogP contribution in [0.15, 0.2) is 48.5 Å². The van der Waals surface area contributed by atoms with Gasteiger partial charge >= 0.3 is 0 Å². The van der Waals surface area contributed by atoms with E-state index in [0.29, 0.717) is 41.6 Å². The van der Waals surface area contributed by atoms with Gasteiger partial charge in [0.1, 0.15) is 5.75 Å². The average molecular weight is 354 g/mol. The Hall–Kier alpha value is -2.82. The maximum absolute atomic E-state index is 12.6. The number of anilines is 2. The lowest BCUT2D eigenvalue weighted by Gasteiger charge is -2.13. The van der Waals surface area contributed by atoms with Crippen molar-refractivity contribution < 1.29 is 14.3 Å². The van der Waals surface area contributed by atoms with Crippen LogP contribution in [-0.2, 0) is 4.79 Å². The van der Waals surface area contributed by atoms with Crippen molar-refractivity contribution in [3.05, 3.63) is 54.1 Å². The van der Waals surface area contributed by atoms with E-state index in [-0.39, 0.29) is 11.8 Å². The molecule has 0 heterocycles. The van der Waals surface area contributed by atoms with Crippen molar-refractivity contribution >= 4 is 23.2 Å². The number of ether oxygens (including phenoxy) is 1. The lowest BCUT2D eigenvalue weighted by Crippen LogP contribution is -2.15. The first-order chi connectivity index (χ1) is 12.5. The van der Waals surface area contributed by atoms with Crippen LogP contribution in [0.3, 0.4) is 0 Å². The predicted octanol–water partition coefficient (Wildman–Crippen LogP) is 4.71. The van der Waals surface area contributed by atoms with Gasteiger partial charge in [-0.3, -0.25) is 9.59 Å². The van der Waals surface area contributed by atoms with Crippen LogP contribution in [-0.4, -0.2) is 18.4 Å². The fourth-order valence-electron chi connectivity index (χ4n) is 2.32. The Morgan fingerprint density at radius 2 is 1.58 bits per heavy atom. The molecule has 0 radical (unpaired) electrons. The molecule has 26 heavy (non-hydrogen) atoms. The molecule has 2 rings (SSSR count). The molecule has 0 aromatic heterocycles. The van der Waals surface area contributed by atoms with Crippen molar-refractivity contribution in [3.8, 4) is 5.75 Å². The molecule has 0 fully saturated rings. The molecule has 0 atom stereocenters. The molecule has 0 aliphatic rings. The average Bonchev–Trinajstić information content (AvgIpc) is 2.62. The summed E-state index contributed by atoms with van der Waals surface area (Å²) in [4.78, 5) is 24.2. The van der Waals surface area contributed by atoms with Crippen molar-refractivity contribution in [2.75, 3.05) is 17.2 Å². The van der Waals surface area contributed by atoms with E-state index in [9.17, 15) is 9.59 Å². The van der Waals surface area contributed by atoms with Gasteiger partial charge in [0.2, 0.25) is 5.91 Å². The second-order valence-corrected chi connectivity index (χ2v) is 6.53. The molecule has 5 heteroatoms. The Labute approximate surface area is 154 Å². The van der Waals surface area contributed by atoms with E-state index in [2.05, 4.69) is 24.5 Å². The predicted molar refractivity (Wildman–Crippen MR) is 105 cm³/mol. The zero-order chi connectivity index (χ0) is 18.9. The third-order valence-corrected chi connectivity index (χ3v) is 3.61. The maximum Gasteiger partial charge on any atom is 0.259 e. The molecule has 2 N–H and O–H groups in total. The van der Waals surface area contributed by atoms with Gasteiger partial charge < -0.3 is 15.4 Å². The monoisotopic (exact) mass is 354 g/mol. The van der Waals surface area contributed by atoms with E-state index >= 15 is 0 Å². The zero-order valence-corrected chi connectivity index (χ0v) is 15.5. The first kappa shape index (κ1) is 19.5. The minimum absolute atomic E-state index is 0.0134. The van der Waals surface area contributed by atoms with Gasteiger partial charge in [-0.2, -0.15) is 0 Å². The maximum atomic E-state index is 12.6. The largest absolute Gasteiger partial charge is 0.492 e. The number of carbonyl (C=O) groups excluding carboxylic acids is 2. The Morgan fingerprint density at radius 3 is 2.19 bits per heavy atom. The molecular weight excluding hydrogens is 328 g/mol. The molecule has 0 aliphatic carbocycles. The number of hydrogen-bond donors (Lipinski definition) is 2. The van der Waals surface area contributed by atoms with Crippen molar-refractivity contribution in [1.29, 1.82) is 0 Å². The highest BCUT2D eigenvalue weighted by Crippen LogP contribution is 2.21. The molecule has 2 amide bonds. The second-order valence-electron chi connectivity index (χ2n) is 6.53. The van der Waals surface area contributed by atoms with Gasteiger partial charge in [0.25, 0.3) is 5.91 Å². The summed E-state index contributed by atoms with van der Waals surface area (Å²) in [6, 6.07) is 14.3. The molecular formula is C21H26N2O3. The van der Waals surface area contributed by atoms with Gasteiger partial charge in [-0.25, -0.2) is 0 Å². The number of amides is 2. The van der Waals surface area contributed by atoms with Crippen LogP contribution in [0.5, 0.6) is 5.75 Å². The van der Waals surface area contributed by atoms with Crippen LogP contribution in [0.4, 0.5) is 11.4 Å². The van der Waals surface area contributed by atoms with Gasteiger partial charge in [0, 0.05) is 17.8 Å². The first-order valence-corrected chi connectivity index (χ1v) is 8.92. The summed E-state index contributed by atoms with van der Waals surface area (Å²) in [6.45, 7) is 6.63. The van der Waals surface area contributed by atoms with Crippen molar-refractivity contribution in [1.82, 2.24) is 0 Å². The minimum atomic E-state index is -0.230. The highest BCUT2D eigenvalue weighted by molar-refractivity contribution is 6.06. The molecule has 0 bridgehead atoms. The summed E-state index contributed by atoms with van der Waals surface area (Å²) < 4.78 is 5.73. The van der Waals surface area contributed by atoms with E-state index < -0.39 is 0 Å². The molecule has 0 saturated carbocycles. The topological polar surface area (TPSA) is 67.4 Å². The van der Waals surface area contributed by atoms with Crippen LogP contribution in [0, 0.1) is 5.92 Å². The highest BCUT2D eigenvalue weighted by Gasteiger charge is 2.13. The third kappa shape index (κ3) is 5.92. The Morgan fingerprint density at radius 1 is 0.962 bits per heavy atom. The first-order valence-electron chi connectivity index (χ1n) is 8.92. The van der Waals surface area contributed by atoms with Gasteiger partial charge in [-0.15, -0.1) is 0 Å². The number of carbonyl (C=O) groups is 2. The Balaban J connectivity index is 2.02. The third-order valence-electron chi connectivity index (χ3n) is 3.61. The van der Waals surface area contributed by atoms with Crippen LogP contribution in [0.25, 0.3) is 0 Å². The molecule has 0 saturated heterocycles. The fourth-order valence-corrected chi connectivity index (χ4v) is 2.32. The smallest absolute Gasteiger partial charge is 0.259 e. The van der Waals surface area contributed by atoms with Crippen LogP contribution in [0.2, 0.25) is 0 Å². The molecule has 5 nitrogen and oxygen atoms in total. The standard InChI is InChI=1S/C21H26N2O3/c1-4-7-20(24)22-16-10-12-17(13-11-16)23-21(25)18-8-5-6-9-19(18)26-14-15(2)3/h5-6,8-13,15H,4,7,14H2,1-3H3,(H,22,24)(H,23,25). The SMILES string of the molecule is CCCC(=O)Nc1ccc(NC(=O)c2ccccc2OCC(C)C)cc1. The number of benzene rings is 2. The van der Waals surface area contributed by atoms with Gasteiger partial charge in [0.15, 0.2) is 0 Å². The van der Waals surface area contributed by atoms with E-state index in [1.54, 1.807) is 36.4 Å². The highest BCUT2D eigenvalue weighted by atomic mass is 16.5. The summed E-state index contributed by atoms with van der Waals surface area (Å²) in [5.74, 6) is 0.705. The van der Waals surface area contributed by atoms with Crippen LogP contribution < -0.4 is 15.4 Å². The second kappa shape index (κ2) is 9.61. The summed E-state index contributed by atoms with van der Waals surface area (Å²) >= 11 is 0. The van der Waals surface area contributed by atoms with Crippen molar-refractivity contribution in [2.24, 2.45) is 5.92 Å². The number of rotatable bonds is 8. The van der Waals surface area contributed by atoms with Crippen LogP contribution in [0.1, 0.15) is 44.0 Å². The zero-order valence-electron chi connectivity index (χ0n) is 15.5. The number of para-hydroxylation sites is 1. The van der Waals surface area contributed by atoms with E-state index in [1.165, 1.54) is 0 Å². The van der Waals surface area contributed by atoms with Crippen LogP contribution >= 0.6 is 0 Å². The van der Waals surface area contributed by atoms with Crippen molar-refractivity contribution in [2.45, 2.75) is 33.6 Å². The Bertz CT molecular complexity index is 739. The summed E-state index contributed by atoms with van der Waals surface area (Å²) in [5.41, 5.74) is 1.86. The van der Waals surface area contributed by atoms with E-state index in [1.807, 2.05) is 19.1 Å². The normalized spacial score (nSPS) is 10.5. The molecule has 0 aliphatic heterocycles. The fraction of sp³-hybridized carbons (Fsp3) is 0.333. The summed E-state index contributed by atoms with van der Waals surface area (Å²) in [7, 11) is 0. The molecule has 138 valence electrons. The van der Waals surface area contributed by atoms with E-state index in [4.69, 9.17) is 4.74 Å². The number of hydrogen-bond acceptors (Lipinski definition) is 3. The lowest BCUT2D eigenvalue weighted by molar-refractivity contribution is -0.116. The summed E-state index contributed by atoms with van der Waals surface area (Å²) in [6.07, 6.45) is 1.30. The quantitative estimate of drug-likeness (QED) is 0.721. The molecule has 0 spiro atoms. The summed E-state index contributed by atoms with van der Waals surface area (Å²) in [5, 5.41) is 5.68. The molecule has 2 aromatic rings. The molecule has 0 unspecified atom stereocenters. The minimum Gasteiger partial charge on any atom is -0.492 e. The van der Waals surface area contributed by atoms with Gasteiger partial charge in [-0.05, 0) is 48.7 Å². The van der Waals surface area contributed by atoms with Crippen molar-refractivity contribution in [3.63, 3.8) is 0 Å². The number of nitrogens with one attached hydrogen (secondary N) is 2. The van der Waals surface area contributed by atoms with Gasteiger partial charge in [-0.1, -0.05) is 32.9 Å². The van der Waals surface area contributed by atoms with Gasteiger partial charge in [0.05, 0.1) is 12.2 Å². The Kier molecular flexibility index (Phi) is 7.21. The van der Waals surface area contributed by atoms with E-state index in [0.717, 1.165) is 6.42 Å². The lowest BCUT2D eigenvalue weighted by atomic mass is 10.1. The molecule has 2 aromatic carbocycles.